The molecule has 1 radical (unpaired) electrons. The quantitative estimate of drug-likeness (QED) is 0.418. The fourth-order valence-corrected chi connectivity index (χ4v) is 0.791. The number of hydrogen-bond acceptors (Lipinski definition) is 1. The van der Waals surface area contributed by atoms with Crippen molar-refractivity contribution in [1.29, 1.82) is 0 Å². The zero-order valence-electron chi connectivity index (χ0n) is 7.62. The van der Waals surface area contributed by atoms with Gasteiger partial charge in [-0.1, -0.05) is 31.6 Å². The van der Waals surface area contributed by atoms with Crippen LogP contribution >= 0.6 is 0 Å². The Kier molecular flexibility index (Phi) is 7.35. The van der Waals surface area contributed by atoms with E-state index in [1.807, 2.05) is 12.5 Å². The highest BCUT2D eigenvalue weighted by molar-refractivity contribution is 5.48. The van der Waals surface area contributed by atoms with Gasteiger partial charge in [0.2, 0.25) is 0 Å². The molecule has 0 N–H and O–H groups in total. The van der Waals surface area contributed by atoms with Gasteiger partial charge in [-0.3, -0.25) is 4.79 Å². The van der Waals surface area contributed by atoms with Crippen LogP contribution in [0.25, 0.3) is 0 Å². The zero-order valence-corrected chi connectivity index (χ0v) is 7.62. The molecule has 0 heterocycles. The van der Waals surface area contributed by atoms with E-state index in [9.17, 15) is 4.79 Å². The molecular weight excluding hydrogens is 150 g/mol. The summed E-state index contributed by atoms with van der Waals surface area (Å²) in [6, 6.07) is 0. The molecule has 1 amide bonds. The van der Waals surface area contributed by atoms with Gasteiger partial charge in [-0.15, -0.1) is 6.58 Å². The van der Waals surface area contributed by atoms with Gasteiger partial charge in [0.15, 0.2) is 0 Å². The minimum absolute atomic E-state index is 0.569. The molecule has 0 aromatic heterocycles. The van der Waals surface area contributed by atoms with E-state index < -0.39 is 0 Å². The van der Waals surface area contributed by atoms with E-state index in [1.54, 1.807) is 11.0 Å². The van der Waals surface area contributed by atoms with E-state index in [1.165, 1.54) is 0 Å². The molecule has 0 aliphatic heterocycles. The first-order valence-corrected chi connectivity index (χ1v) is 4.23. The molecule has 0 aliphatic carbocycles. The summed E-state index contributed by atoms with van der Waals surface area (Å²) in [5.41, 5.74) is 0. The maximum atomic E-state index is 10.3. The van der Waals surface area contributed by atoms with Crippen molar-refractivity contribution in [3.05, 3.63) is 24.8 Å². The highest BCUT2D eigenvalue weighted by Crippen LogP contribution is 1.90. The van der Waals surface area contributed by atoms with Gasteiger partial charge < -0.3 is 4.90 Å². The Labute approximate surface area is 74.6 Å². The monoisotopic (exact) mass is 166 g/mol. The van der Waals surface area contributed by atoms with Gasteiger partial charge in [0.05, 0.1) is 0 Å². The number of amides is 1. The van der Waals surface area contributed by atoms with Crippen LogP contribution < -0.4 is 0 Å². The predicted octanol–water partition coefficient (Wildman–Crippen LogP) is 1.90. The second-order valence-electron chi connectivity index (χ2n) is 2.55. The number of rotatable bonds is 7. The van der Waals surface area contributed by atoms with E-state index >= 15 is 0 Å². The highest BCUT2D eigenvalue weighted by atomic mass is 16.1. The number of unbranched alkanes of at least 4 members (excludes halogenated alkanes) is 1. The number of nitrogens with zero attached hydrogens (tertiary/aromatic N) is 1. The third-order valence-corrected chi connectivity index (χ3v) is 1.43. The molecule has 0 aliphatic rings. The standard InChI is InChI=1S/C10H16NO/c1-3-5-6-7-9-11(10-12)8-4-2/h4,6-7H,2-3,5,8-9H2,1H3/b7-6+. The van der Waals surface area contributed by atoms with Crippen molar-refractivity contribution in [2.75, 3.05) is 13.1 Å². The fourth-order valence-electron chi connectivity index (χ4n) is 0.791. The molecule has 0 fully saturated rings. The van der Waals surface area contributed by atoms with Crippen LogP contribution in [0, 0.1) is 0 Å². The summed E-state index contributed by atoms with van der Waals surface area (Å²) in [7, 11) is 0. The molecule has 0 aromatic carbocycles. The molecule has 0 rings (SSSR count). The number of hydrogen-bond donors (Lipinski definition) is 0. The SMILES string of the molecule is C=CCN([C]=O)C/C=C/CCC. The zero-order chi connectivity index (χ0) is 9.23. The van der Waals surface area contributed by atoms with E-state index in [4.69, 9.17) is 0 Å². The van der Waals surface area contributed by atoms with Gasteiger partial charge in [-0.2, -0.15) is 0 Å². The fraction of sp³-hybridized carbons (Fsp3) is 0.500. The van der Waals surface area contributed by atoms with E-state index in [0.717, 1.165) is 12.8 Å². The third-order valence-electron chi connectivity index (χ3n) is 1.43. The van der Waals surface area contributed by atoms with Crippen molar-refractivity contribution < 1.29 is 4.79 Å². The molecule has 0 spiro atoms. The topological polar surface area (TPSA) is 20.3 Å². The van der Waals surface area contributed by atoms with Crippen LogP contribution in [0.3, 0.4) is 0 Å². The molecule has 67 valence electrons. The average Bonchev–Trinajstić information content (AvgIpc) is 2.10. The van der Waals surface area contributed by atoms with Crippen LogP contribution in [0.1, 0.15) is 19.8 Å². The molecule has 12 heavy (non-hydrogen) atoms. The lowest BCUT2D eigenvalue weighted by molar-refractivity contribution is 0.437. The Morgan fingerprint density at radius 1 is 1.42 bits per heavy atom. The maximum Gasteiger partial charge on any atom is 0.312 e. The lowest BCUT2D eigenvalue weighted by Crippen LogP contribution is -2.21. The van der Waals surface area contributed by atoms with Crippen LogP contribution in [0.15, 0.2) is 24.8 Å². The summed E-state index contributed by atoms with van der Waals surface area (Å²) >= 11 is 0. The Hall–Kier alpha value is -1.05. The van der Waals surface area contributed by atoms with Crippen LogP contribution in [-0.2, 0) is 4.79 Å². The van der Waals surface area contributed by atoms with Crippen molar-refractivity contribution in [3.63, 3.8) is 0 Å². The minimum atomic E-state index is 0.569. The van der Waals surface area contributed by atoms with Crippen molar-refractivity contribution in [3.8, 4) is 0 Å². The molecule has 0 bridgehead atoms. The van der Waals surface area contributed by atoms with Gasteiger partial charge in [-0.05, 0) is 6.42 Å². The smallest absolute Gasteiger partial charge is 0.312 e. The van der Waals surface area contributed by atoms with Crippen LogP contribution in [0.5, 0.6) is 0 Å². The first kappa shape index (κ1) is 11.0. The van der Waals surface area contributed by atoms with Crippen molar-refractivity contribution in [2.24, 2.45) is 0 Å². The molecule has 2 heteroatoms. The number of allylic oxidation sites excluding steroid dienone is 1. The second-order valence-corrected chi connectivity index (χ2v) is 2.55. The molecule has 0 unspecified atom stereocenters. The Morgan fingerprint density at radius 2 is 2.17 bits per heavy atom. The third kappa shape index (κ3) is 5.71. The van der Waals surface area contributed by atoms with Crippen molar-refractivity contribution >= 4 is 6.41 Å². The summed E-state index contributed by atoms with van der Waals surface area (Å²) in [4.78, 5) is 11.8. The van der Waals surface area contributed by atoms with Crippen LogP contribution in [0.2, 0.25) is 0 Å². The Bertz CT molecular complexity index is 152. The van der Waals surface area contributed by atoms with E-state index in [-0.39, 0.29) is 0 Å². The first-order chi connectivity index (χ1) is 5.85. The molecular formula is C10H16NO. The average molecular weight is 166 g/mol. The first-order valence-electron chi connectivity index (χ1n) is 4.23. The molecule has 0 saturated carbocycles. The maximum absolute atomic E-state index is 10.3. The van der Waals surface area contributed by atoms with Crippen molar-refractivity contribution in [1.82, 2.24) is 4.90 Å². The lowest BCUT2D eigenvalue weighted by atomic mass is 10.3. The van der Waals surface area contributed by atoms with Gasteiger partial charge in [-0.25, -0.2) is 0 Å². The number of carbonyl (C=O) groups excluding carboxylic acids is 1. The summed E-state index contributed by atoms with van der Waals surface area (Å²) in [5.74, 6) is 0. The summed E-state index contributed by atoms with van der Waals surface area (Å²) in [6.07, 6.45) is 9.81. The van der Waals surface area contributed by atoms with Gasteiger partial charge in [0.25, 0.3) is 0 Å². The van der Waals surface area contributed by atoms with Crippen LogP contribution in [-0.4, -0.2) is 24.4 Å². The summed E-state index contributed by atoms with van der Waals surface area (Å²) < 4.78 is 0. The molecule has 2 nitrogen and oxygen atoms in total. The summed E-state index contributed by atoms with van der Waals surface area (Å²) in [6.45, 7) is 6.87. The second kappa shape index (κ2) is 8.05. The Balaban J connectivity index is 3.56. The molecule has 0 aromatic rings. The summed E-state index contributed by atoms with van der Waals surface area (Å²) in [5, 5.41) is 0. The van der Waals surface area contributed by atoms with E-state index in [2.05, 4.69) is 19.6 Å². The highest BCUT2D eigenvalue weighted by Gasteiger charge is 1.94. The van der Waals surface area contributed by atoms with Gasteiger partial charge in [0, 0.05) is 13.1 Å². The van der Waals surface area contributed by atoms with Gasteiger partial charge >= 0.3 is 6.41 Å². The molecule has 0 atom stereocenters. The van der Waals surface area contributed by atoms with Crippen LogP contribution in [0.4, 0.5) is 0 Å². The predicted molar refractivity (Wildman–Crippen MR) is 51.5 cm³/mol. The Morgan fingerprint density at radius 3 is 2.67 bits per heavy atom. The van der Waals surface area contributed by atoms with E-state index in [0.29, 0.717) is 13.1 Å². The van der Waals surface area contributed by atoms with Crippen molar-refractivity contribution in [2.45, 2.75) is 19.8 Å². The normalized spacial score (nSPS) is 10.1. The molecule has 0 saturated heterocycles. The minimum Gasteiger partial charge on any atom is -0.327 e. The lowest BCUT2D eigenvalue weighted by Gasteiger charge is -2.09. The largest absolute Gasteiger partial charge is 0.327 e. The van der Waals surface area contributed by atoms with Gasteiger partial charge in [0.1, 0.15) is 0 Å².